The molecule has 0 N–H and O–H groups in total. The zero-order chi connectivity index (χ0) is 41.5. The second-order valence-electron chi connectivity index (χ2n) is 16.8. The van der Waals surface area contributed by atoms with Crippen molar-refractivity contribution in [3.8, 4) is 44.8 Å². The van der Waals surface area contributed by atoms with Crippen molar-refractivity contribution >= 4 is 72.4 Å². The molecule has 10 aromatic carbocycles. The van der Waals surface area contributed by atoms with Gasteiger partial charge in [-0.05, 0) is 103 Å². The summed E-state index contributed by atoms with van der Waals surface area (Å²) >= 11 is 0. The highest BCUT2D eigenvalue weighted by atomic mass is 28.3. The third-order valence-corrected chi connectivity index (χ3v) is 18.5. The van der Waals surface area contributed by atoms with Gasteiger partial charge in [-0.25, -0.2) is 0 Å². The van der Waals surface area contributed by atoms with Gasteiger partial charge in [0.15, 0.2) is 8.07 Å². The maximum Gasteiger partial charge on any atom is 0.180 e. The Balaban J connectivity index is 1.03. The van der Waals surface area contributed by atoms with Gasteiger partial charge in [0.25, 0.3) is 0 Å². The first-order valence-electron chi connectivity index (χ1n) is 21.8. The van der Waals surface area contributed by atoms with Crippen molar-refractivity contribution in [3.05, 3.63) is 243 Å². The van der Waals surface area contributed by atoms with Crippen molar-refractivity contribution in [3.63, 3.8) is 0 Å². The number of hydrogen-bond acceptors (Lipinski definition) is 0. The van der Waals surface area contributed by atoms with E-state index in [0.29, 0.717) is 0 Å². The van der Waals surface area contributed by atoms with Crippen molar-refractivity contribution in [2.75, 3.05) is 0 Å². The summed E-state index contributed by atoms with van der Waals surface area (Å²) in [7, 11) is -2.68. The molecule has 0 bridgehead atoms. The van der Waals surface area contributed by atoms with Crippen molar-refractivity contribution in [2.24, 2.45) is 0 Å². The number of para-hydroxylation sites is 2. The maximum absolute atomic E-state index is 2.68. The Hall–Kier alpha value is -7.98. The van der Waals surface area contributed by atoms with E-state index in [1.54, 1.807) is 0 Å². The van der Waals surface area contributed by atoms with Crippen molar-refractivity contribution in [1.29, 1.82) is 0 Å². The molecule has 3 heterocycles. The molecule has 0 saturated carbocycles. The van der Waals surface area contributed by atoms with Gasteiger partial charge in [0.1, 0.15) is 0 Å². The average molecular weight is 817 g/mol. The monoisotopic (exact) mass is 816 g/mol. The predicted octanol–water partition coefficient (Wildman–Crippen LogP) is 12.6. The molecule has 1 aliphatic rings. The van der Waals surface area contributed by atoms with E-state index in [1.807, 2.05) is 0 Å². The molecule has 0 atom stereocenters. The van der Waals surface area contributed by atoms with Gasteiger partial charge in [-0.2, -0.15) is 0 Å². The second kappa shape index (κ2) is 14.0. The summed E-state index contributed by atoms with van der Waals surface area (Å²) in [5.74, 6) is 0. The van der Waals surface area contributed by atoms with Crippen LogP contribution in [-0.2, 0) is 0 Å². The minimum Gasteiger partial charge on any atom is -0.309 e. The summed E-state index contributed by atoms with van der Waals surface area (Å²) in [6, 6.07) is 90.3. The standard InChI is InChI=1S/C60H40N2Si/c1-4-17-41(18-5-1)42-31-33-43(34-32-42)44-19-16-20-45(39-44)61-53-28-13-10-26-51(53)59-55(61)37-38-56-60(59)52-27-11-14-29-54(52)62(56)46-35-36-50-49-25-12-15-30-57(49)63(58(50)40-46,47-21-6-2-7-22-47)48-23-8-3-9-24-48/h1-40H. The topological polar surface area (TPSA) is 9.86 Å². The molecular weight excluding hydrogens is 777 g/mol. The van der Waals surface area contributed by atoms with Gasteiger partial charge in [0.2, 0.25) is 0 Å². The Morgan fingerprint density at radius 3 is 1.35 bits per heavy atom. The number of nitrogens with zero attached hydrogens (tertiary/aromatic N) is 2. The lowest BCUT2D eigenvalue weighted by molar-refractivity contribution is 1.17. The fourth-order valence-electron chi connectivity index (χ4n) is 11.0. The molecule has 2 aromatic heterocycles. The van der Waals surface area contributed by atoms with Crippen LogP contribution in [0.5, 0.6) is 0 Å². The van der Waals surface area contributed by atoms with E-state index < -0.39 is 8.07 Å². The highest BCUT2D eigenvalue weighted by Crippen LogP contribution is 2.43. The number of hydrogen-bond donors (Lipinski definition) is 0. The number of fused-ring (bicyclic) bond motifs is 10. The number of benzene rings is 10. The largest absolute Gasteiger partial charge is 0.309 e. The molecule has 12 aromatic rings. The Morgan fingerprint density at radius 2 is 0.730 bits per heavy atom. The van der Waals surface area contributed by atoms with Gasteiger partial charge < -0.3 is 9.13 Å². The van der Waals surface area contributed by atoms with Crippen LogP contribution in [0.15, 0.2) is 243 Å². The van der Waals surface area contributed by atoms with E-state index in [9.17, 15) is 0 Å². The first-order valence-corrected chi connectivity index (χ1v) is 23.8. The smallest absolute Gasteiger partial charge is 0.180 e. The fourth-order valence-corrected chi connectivity index (χ4v) is 16.2. The molecule has 0 radical (unpaired) electrons. The number of rotatable bonds is 6. The summed E-state index contributed by atoms with van der Waals surface area (Å²) in [5.41, 5.74) is 14.7. The highest BCUT2D eigenvalue weighted by Gasteiger charge is 2.48. The molecule has 63 heavy (non-hydrogen) atoms. The zero-order valence-corrected chi connectivity index (χ0v) is 35.5. The minimum absolute atomic E-state index is 1.15. The van der Waals surface area contributed by atoms with Gasteiger partial charge in [0.05, 0.1) is 22.1 Å². The van der Waals surface area contributed by atoms with Crippen LogP contribution in [0.2, 0.25) is 0 Å². The second-order valence-corrected chi connectivity index (χ2v) is 20.5. The number of aromatic nitrogens is 2. The van der Waals surface area contributed by atoms with Crippen molar-refractivity contribution < 1.29 is 0 Å². The van der Waals surface area contributed by atoms with Gasteiger partial charge in [0, 0.05) is 32.9 Å². The van der Waals surface area contributed by atoms with E-state index in [1.165, 1.54) is 103 Å². The van der Waals surface area contributed by atoms with Crippen molar-refractivity contribution in [2.45, 2.75) is 0 Å². The molecule has 2 nitrogen and oxygen atoms in total. The van der Waals surface area contributed by atoms with Crippen LogP contribution in [-0.4, -0.2) is 17.2 Å². The molecule has 0 amide bonds. The lowest BCUT2D eigenvalue weighted by atomic mass is 10.00. The van der Waals surface area contributed by atoms with Crippen LogP contribution >= 0.6 is 0 Å². The predicted molar refractivity (Wildman–Crippen MR) is 269 cm³/mol. The van der Waals surface area contributed by atoms with E-state index in [0.717, 1.165) is 5.69 Å². The minimum atomic E-state index is -2.68. The maximum atomic E-state index is 2.54. The first-order chi connectivity index (χ1) is 31.3. The van der Waals surface area contributed by atoms with E-state index >= 15 is 0 Å². The quantitative estimate of drug-likeness (QED) is 0.148. The molecular formula is C60H40N2Si. The van der Waals surface area contributed by atoms with Crippen LogP contribution in [0.3, 0.4) is 0 Å². The summed E-state index contributed by atoms with van der Waals surface area (Å²) < 4.78 is 4.98. The Kier molecular flexibility index (Phi) is 7.96. The molecule has 0 unspecified atom stereocenters. The van der Waals surface area contributed by atoms with Gasteiger partial charge in [-0.15, -0.1) is 0 Å². The van der Waals surface area contributed by atoms with Gasteiger partial charge >= 0.3 is 0 Å². The molecule has 1 aliphatic heterocycles. The molecule has 13 rings (SSSR count). The Labute approximate surface area is 367 Å². The average Bonchev–Trinajstić information content (AvgIpc) is 3.99. The third-order valence-electron chi connectivity index (χ3n) is 13.6. The van der Waals surface area contributed by atoms with E-state index in [2.05, 4.69) is 252 Å². The van der Waals surface area contributed by atoms with Crippen LogP contribution in [0.25, 0.3) is 88.4 Å². The summed E-state index contributed by atoms with van der Waals surface area (Å²) in [6.45, 7) is 0. The normalized spacial score (nSPS) is 12.9. The zero-order valence-electron chi connectivity index (χ0n) is 34.5. The molecule has 0 aliphatic carbocycles. The Morgan fingerprint density at radius 1 is 0.270 bits per heavy atom. The molecule has 0 fully saturated rings. The molecule has 3 heteroatoms. The van der Waals surface area contributed by atoms with Crippen LogP contribution in [0, 0.1) is 0 Å². The Bertz CT molecular complexity index is 3670. The fraction of sp³-hybridized carbons (Fsp3) is 0. The summed E-state index contributed by atoms with van der Waals surface area (Å²) in [5, 5.41) is 10.8. The molecule has 0 spiro atoms. The van der Waals surface area contributed by atoms with Crippen LogP contribution in [0.4, 0.5) is 0 Å². The van der Waals surface area contributed by atoms with Crippen LogP contribution < -0.4 is 20.7 Å². The first kappa shape index (κ1) is 35.7. The summed E-state index contributed by atoms with van der Waals surface area (Å²) in [4.78, 5) is 0. The lowest BCUT2D eigenvalue weighted by Gasteiger charge is -2.31. The molecule has 0 saturated heterocycles. The van der Waals surface area contributed by atoms with Gasteiger partial charge in [-0.1, -0.05) is 194 Å². The van der Waals surface area contributed by atoms with E-state index in [-0.39, 0.29) is 0 Å². The lowest BCUT2D eigenvalue weighted by Crippen LogP contribution is -2.72. The van der Waals surface area contributed by atoms with Crippen molar-refractivity contribution in [1.82, 2.24) is 9.13 Å². The SMILES string of the molecule is c1ccc(-c2ccc(-c3cccc(-n4c5ccccc5c5c6c7ccccc7n(-c7ccc8c(c7)[Si](c7ccccc7)(c7ccccc7)c7ccccc7-8)c6ccc54)c3)cc2)cc1. The van der Waals surface area contributed by atoms with Crippen LogP contribution in [0.1, 0.15) is 0 Å². The van der Waals surface area contributed by atoms with Gasteiger partial charge in [-0.3, -0.25) is 0 Å². The highest BCUT2D eigenvalue weighted by molar-refractivity contribution is 7.22. The summed E-state index contributed by atoms with van der Waals surface area (Å²) in [6.07, 6.45) is 0. The third kappa shape index (κ3) is 5.24. The molecule has 294 valence electrons. The van der Waals surface area contributed by atoms with E-state index in [4.69, 9.17) is 0 Å².